The molecule has 162 valence electrons. The highest BCUT2D eigenvalue weighted by atomic mass is 35.5. The van der Waals surface area contributed by atoms with Gasteiger partial charge in [0.1, 0.15) is 5.75 Å². The number of hydrogen-bond acceptors (Lipinski definition) is 5. The van der Waals surface area contributed by atoms with Gasteiger partial charge in [0, 0.05) is 31.6 Å². The Hall–Kier alpha value is -2.84. The van der Waals surface area contributed by atoms with E-state index in [0.717, 1.165) is 5.56 Å². The van der Waals surface area contributed by atoms with Crippen LogP contribution in [0.5, 0.6) is 5.75 Å². The molecule has 0 saturated carbocycles. The van der Waals surface area contributed by atoms with Crippen molar-refractivity contribution in [2.75, 3.05) is 26.7 Å². The Kier molecular flexibility index (Phi) is 6.29. The van der Waals surface area contributed by atoms with E-state index in [1.165, 1.54) is 16.2 Å². The van der Waals surface area contributed by atoms with Crippen LogP contribution in [0.4, 0.5) is 0 Å². The van der Waals surface area contributed by atoms with E-state index < -0.39 is 6.10 Å². The van der Waals surface area contributed by atoms with Crippen LogP contribution in [0.2, 0.25) is 5.02 Å². The van der Waals surface area contributed by atoms with Gasteiger partial charge in [-0.1, -0.05) is 29.8 Å². The van der Waals surface area contributed by atoms with E-state index in [0.29, 0.717) is 35.2 Å². The molecule has 0 saturated heterocycles. The standard InChI is InChI=1S/C22H22ClN3O4S/c1-25(22(29)19-5-3-9-31-19)13-20(27)26-8-2-4-16(12-26)24-21(28)18-11-14-10-15(23)6-7-17(14)30-18/h2-7,9-10,16,18H,8,11-13H2,1H3,(H,24,28). The number of likely N-dealkylation sites (N-methyl/N-ethyl adjacent to an activating group) is 1. The van der Waals surface area contributed by atoms with Gasteiger partial charge in [-0.2, -0.15) is 0 Å². The molecule has 0 spiro atoms. The topological polar surface area (TPSA) is 79.0 Å². The first kappa shape index (κ1) is 21.4. The zero-order valence-corrected chi connectivity index (χ0v) is 18.5. The Morgan fingerprint density at radius 2 is 2.16 bits per heavy atom. The highest BCUT2D eigenvalue weighted by Gasteiger charge is 2.31. The number of carbonyl (C=O) groups is 3. The molecule has 7 nitrogen and oxygen atoms in total. The summed E-state index contributed by atoms with van der Waals surface area (Å²) in [7, 11) is 1.61. The summed E-state index contributed by atoms with van der Waals surface area (Å²) in [5, 5.41) is 5.37. The lowest BCUT2D eigenvalue weighted by molar-refractivity contribution is -0.133. The van der Waals surface area contributed by atoms with Gasteiger partial charge >= 0.3 is 0 Å². The second kappa shape index (κ2) is 9.11. The number of fused-ring (bicyclic) bond motifs is 1. The average Bonchev–Trinajstić information content (AvgIpc) is 3.43. The van der Waals surface area contributed by atoms with Gasteiger partial charge in [-0.3, -0.25) is 14.4 Å². The maximum Gasteiger partial charge on any atom is 0.264 e. The predicted octanol–water partition coefficient (Wildman–Crippen LogP) is 2.36. The van der Waals surface area contributed by atoms with E-state index in [1.54, 1.807) is 42.3 Å². The van der Waals surface area contributed by atoms with Crippen molar-refractivity contribution in [1.82, 2.24) is 15.1 Å². The SMILES string of the molecule is CN(CC(=O)N1CC=CC(NC(=O)C2Cc3cc(Cl)ccc3O2)C1)C(=O)c1cccs1. The molecule has 2 aromatic rings. The van der Waals surface area contributed by atoms with E-state index in [4.69, 9.17) is 16.3 Å². The zero-order chi connectivity index (χ0) is 22.0. The fraction of sp³-hybridized carbons (Fsp3) is 0.318. The lowest BCUT2D eigenvalue weighted by atomic mass is 10.1. The first-order valence-electron chi connectivity index (χ1n) is 9.89. The summed E-state index contributed by atoms with van der Waals surface area (Å²) < 4.78 is 5.74. The summed E-state index contributed by atoms with van der Waals surface area (Å²) in [6.45, 7) is 0.761. The van der Waals surface area contributed by atoms with Gasteiger partial charge in [-0.15, -0.1) is 11.3 Å². The van der Waals surface area contributed by atoms with Crippen LogP contribution in [-0.4, -0.2) is 66.3 Å². The van der Waals surface area contributed by atoms with Crippen molar-refractivity contribution in [3.8, 4) is 5.75 Å². The Morgan fingerprint density at radius 1 is 1.32 bits per heavy atom. The number of ether oxygens (including phenoxy) is 1. The molecule has 3 amide bonds. The minimum atomic E-state index is -0.623. The fourth-order valence-electron chi connectivity index (χ4n) is 3.62. The number of nitrogens with zero attached hydrogens (tertiary/aromatic N) is 2. The molecule has 31 heavy (non-hydrogen) atoms. The van der Waals surface area contributed by atoms with Crippen LogP contribution in [0.1, 0.15) is 15.2 Å². The van der Waals surface area contributed by atoms with Crippen LogP contribution in [0.3, 0.4) is 0 Å². The van der Waals surface area contributed by atoms with Gasteiger partial charge in [-0.25, -0.2) is 0 Å². The molecule has 1 aromatic heterocycles. The first-order valence-corrected chi connectivity index (χ1v) is 11.2. The van der Waals surface area contributed by atoms with Gasteiger partial charge in [0.15, 0.2) is 6.10 Å². The van der Waals surface area contributed by atoms with Gasteiger partial charge in [-0.05, 0) is 35.2 Å². The summed E-state index contributed by atoms with van der Waals surface area (Å²) in [6, 6.07) is 8.52. The van der Waals surface area contributed by atoms with Crippen LogP contribution in [0, 0.1) is 0 Å². The third-order valence-electron chi connectivity index (χ3n) is 5.23. The normalized spacial score (nSPS) is 19.5. The van der Waals surface area contributed by atoms with Gasteiger partial charge in [0.25, 0.3) is 11.8 Å². The Balaban J connectivity index is 1.30. The summed E-state index contributed by atoms with van der Waals surface area (Å²) in [6.07, 6.45) is 3.55. The molecular weight excluding hydrogens is 438 g/mol. The molecule has 3 heterocycles. The lowest BCUT2D eigenvalue weighted by Crippen LogP contribution is -2.52. The van der Waals surface area contributed by atoms with Crippen molar-refractivity contribution in [1.29, 1.82) is 0 Å². The van der Waals surface area contributed by atoms with Gasteiger partial charge in [0.2, 0.25) is 5.91 Å². The molecule has 2 aliphatic heterocycles. The second-order valence-corrected chi connectivity index (χ2v) is 8.93. The van der Waals surface area contributed by atoms with Crippen LogP contribution in [-0.2, 0) is 16.0 Å². The van der Waals surface area contributed by atoms with E-state index in [2.05, 4.69) is 5.32 Å². The molecule has 0 bridgehead atoms. The molecule has 1 N–H and O–H groups in total. The van der Waals surface area contributed by atoms with Crippen LogP contribution in [0.15, 0.2) is 47.9 Å². The molecule has 2 aliphatic rings. The second-order valence-electron chi connectivity index (χ2n) is 7.54. The molecule has 0 fully saturated rings. The monoisotopic (exact) mass is 459 g/mol. The first-order chi connectivity index (χ1) is 14.9. The summed E-state index contributed by atoms with van der Waals surface area (Å²) in [5.74, 6) is 0.0780. The van der Waals surface area contributed by atoms with Crippen LogP contribution in [0.25, 0.3) is 0 Å². The van der Waals surface area contributed by atoms with Crippen molar-refractivity contribution in [3.63, 3.8) is 0 Å². The molecule has 2 unspecified atom stereocenters. The van der Waals surface area contributed by atoms with E-state index in [-0.39, 0.29) is 30.3 Å². The maximum atomic E-state index is 12.7. The molecule has 0 radical (unpaired) electrons. The summed E-state index contributed by atoms with van der Waals surface area (Å²) >= 11 is 7.35. The van der Waals surface area contributed by atoms with Crippen molar-refractivity contribution >= 4 is 40.7 Å². The van der Waals surface area contributed by atoms with E-state index in [9.17, 15) is 14.4 Å². The largest absolute Gasteiger partial charge is 0.480 e. The lowest BCUT2D eigenvalue weighted by Gasteiger charge is -2.31. The number of rotatable bonds is 5. The molecule has 2 atom stereocenters. The number of hydrogen-bond donors (Lipinski definition) is 1. The molecule has 9 heteroatoms. The predicted molar refractivity (Wildman–Crippen MR) is 119 cm³/mol. The van der Waals surface area contributed by atoms with Gasteiger partial charge < -0.3 is 19.9 Å². The van der Waals surface area contributed by atoms with Crippen LogP contribution >= 0.6 is 22.9 Å². The quantitative estimate of drug-likeness (QED) is 0.696. The van der Waals surface area contributed by atoms with E-state index >= 15 is 0 Å². The number of nitrogens with one attached hydrogen (secondary N) is 1. The Bertz CT molecular complexity index is 1020. The molecule has 1 aromatic carbocycles. The Labute approximate surface area is 189 Å². The molecular formula is C22H22ClN3O4S. The number of amides is 3. The highest BCUT2D eigenvalue weighted by Crippen LogP contribution is 2.31. The number of benzene rings is 1. The smallest absolute Gasteiger partial charge is 0.264 e. The zero-order valence-electron chi connectivity index (χ0n) is 16.9. The van der Waals surface area contributed by atoms with Crippen molar-refractivity contribution in [3.05, 3.63) is 63.3 Å². The molecule has 0 aliphatic carbocycles. The van der Waals surface area contributed by atoms with Crippen molar-refractivity contribution in [2.24, 2.45) is 0 Å². The fourth-order valence-corrected chi connectivity index (χ4v) is 4.54. The minimum Gasteiger partial charge on any atom is -0.480 e. The van der Waals surface area contributed by atoms with Crippen LogP contribution < -0.4 is 10.1 Å². The average molecular weight is 460 g/mol. The number of halogens is 1. The minimum absolute atomic E-state index is 0.0208. The summed E-state index contributed by atoms with van der Waals surface area (Å²) in [5.41, 5.74) is 0.905. The van der Waals surface area contributed by atoms with E-state index in [1.807, 2.05) is 17.5 Å². The maximum absolute atomic E-state index is 12.7. The number of carbonyl (C=O) groups excluding carboxylic acids is 3. The van der Waals surface area contributed by atoms with Crippen molar-refractivity contribution in [2.45, 2.75) is 18.6 Å². The third kappa shape index (κ3) is 4.91. The Morgan fingerprint density at radius 3 is 2.94 bits per heavy atom. The molecule has 4 rings (SSSR count). The number of thiophene rings is 1. The van der Waals surface area contributed by atoms with Gasteiger partial charge in [0.05, 0.1) is 17.5 Å². The summed E-state index contributed by atoms with van der Waals surface area (Å²) in [4.78, 5) is 41.4. The van der Waals surface area contributed by atoms with Crippen molar-refractivity contribution < 1.29 is 19.1 Å². The highest BCUT2D eigenvalue weighted by molar-refractivity contribution is 7.12. The third-order valence-corrected chi connectivity index (χ3v) is 6.33.